The fourth-order valence-electron chi connectivity index (χ4n) is 8.90. The van der Waals surface area contributed by atoms with E-state index in [9.17, 15) is 0 Å². The number of anilines is 3. The summed E-state index contributed by atoms with van der Waals surface area (Å²) in [4.78, 5) is 12.5. The first-order valence-corrected chi connectivity index (χ1v) is 19.6. The second kappa shape index (κ2) is 12.9. The van der Waals surface area contributed by atoms with E-state index >= 15 is 0 Å². The molecular weight excluding hydrogens is 693 g/mol. The first-order valence-electron chi connectivity index (χ1n) is 19.6. The molecule has 0 saturated carbocycles. The summed E-state index contributed by atoms with van der Waals surface area (Å²) in [5.41, 5.74) is 18.1. The van der Waals surface area contributed by atoms with Crippen LogP contribution in [0.1, 0.15) is 25.0 Å². The van der Waals surface area contributed by atoms with E-state index in [-0.39, 0.29) is 5.41 Å². The Labute approximate surface area is 332 Å². The lowest BCUT2D eigenvalue weighted by Gasteiger charge is -2.27. The van der Waals surface area contributed by atoms with Crippen molar-refractivity contribution in [2.24, 2.45) is 0 Å². The molecule has 0 N–H and O–H groups in total. The van der Waals surface area contributed by atoms with Gasteiger partial charge in [-0.15, -0.1) is 0 Å². The maximum Gasteiger partial charge on any atom is 0.165 e. The Balaban J connectivity index is 0.968. The fraction of sp³-hybridized carbons (Fsp3) is 0.0566. The lowest BCUT2D eigenvalue weighted by Crippen LogP contribution is -2.15. The van der Waals surface area contributed by atoms with Gasteiger partial charge in [0.25, 0.3) is 0 Å². The second-order valence-corrected chi connectivity index (χ2v) is 15.5. The van der Waals surface area contributed by atoms with E-state index in [0.717, 1.165) is 67.0 Å². The number of pyridine rings is 2. The van der Waals surface area contributed by atoms with Crippen LogP contribution in [0.2, 0.25) is 0 Å². The molecule has 0 atom stereocenters. The summed E-state index contributed by atoms with van der Waals surface area (Å²) in [6.45, 7) is 4.67. The van der Waals surface area contributed by atoms with Crippen molar-refractivity contribution in [1.82, 2.24) is 14.4 Å². The SMILES string of the molecule is CC1(C)c2ccccc2-c2cc(N(c3ccc(-c4ccccc4)cc3)c3ccc(-c4ccc(-c5nc6c(nc7ccccn76)c6ccccc56)cc4)cc3)ccc21. The minimum absolute atomic E-state index is 0.0479. The molecular formula is C53H38N4. The zero-order valence-electron chi connectivity index (χ0n) is 31.8. The number of aromatic nitrogens is 3. The van der Waals surface area contributed by atoms with Crippen molar-refractivity contribution in [2.45, 2.75) is 19.3 Å². The van der Waals surface area contributed by atoms with Gasteiger partial charge in [0.2, 0.25) is 0 Å². The molecule has 1 aliphatic carbocycles. The summed E-state index contributed by atoms with van der Waals surface area (Å²) in [5, 5.41) is 2.21. The second-order valence-electron chi connectivity index (χ2n) is 15.5. The molecule has 0 radical (unpaired) electrons. The van der Waals surface area contributed by atoms with Gasteiger partial charge in [0.05, 0.1) is 5.69 Å². The van der Waals surface area contributed by atoms with Crippen LogP contribution in [0.3, 0.4) is 0 Å². The van der Waals surface area contributed by atoms with Gasteiger partial charge in [0.15, 0.2) is 5.65 Å². The fourth-order valence-corrected chi connectivity index (χ4v) is 8.90. The molecule has 4 heteroatoms. The highest BCUT2D eigenvalue weighted by Crippen LogP contribution is 2.50. The van der Waals surface area contributed by atoms with Crippen LogP contribution in [0.25, 0.3) is 72.2 Å². The highest BCUT2D eigenvalue weighted by atomic mass is 15.1. The van der Waals surface area contributed by atoms with Crippen molar-refractivity contribution in [1.29, 1.82) is 0 Å². The Hall–Kier alpha value is -7.30. The van der Waals surface area contributed by atoms with Crippen LogP contribution in [-0.4, -0.2) is 14.4 Å². The number of nitrogens with zero attached hydrogens (tertiary/aromatic N) is 4. The smallest absolute Gasteiger partial charge is 0.165 e. The summed E-state index contributed by atoms with van der Waals surface area (Å²) in [6, 6.07) is 67.6. The molecule has 0 spiro atoms. The normalized spacial score (nSPS) is 12.9. The minimum Gasteiger partial charge on any atom is -0.310 e. The van der Waals surface area contributed by atoms with E-state index in [1.165, 1.54) is 33.4 Å². The summed E-state index contributed by atoms with van der Waals surface area (Å²) in [6.07, 6.45) is 2.04. The quantitative estimate of drug-likeness (QED) is 0.171. The Bertz CT molecular complexity index is 3120. The van der Waals surface area contributed by atoms with Crippen LogP contribution in [0.15, 0.2) is 194 Å². The molecule has 7 aromatic carbocycles. The molecule has 10 aromatic rings. The first kappa shape index (κ1) is 33.1. The topological polar surface area (TPSA) is 33.4 Å². The third-order valence-electron chi connectivity index (χ3n) is 11.8. The van der Waals surface area contributed by atoms with Crippen LogP contribution in [0, 0.1) is 0 Å². The average Bonchev–Trinajstić information content (AvgIpc) is 3.76. The van der Waals surface area contributed by atoms with Crippen LogP contribution >= 0.6 is 0 Å². The minimum atomic E-state index is -0.0479. The number of hydrogen-bond acceptors (Lipinski definition) is 3. The average molecular weight is 731 g/mol. The maximum atomic E-state index is 5.21. The lowest BCUT2D eigenvalue weighted by molar-refractivity contribution is 0.660. The van der Waals surface area contributed by atoms with E-state index in [1.54, 1.807) is 0 Å². The molecule has 0 fully saturated rings. The predicted octanol–water partition coefficient (Wildman–Crippen LogP) is 13.8. The van der Waals surface area contributed by atoms with Gasteiger partial charge < -0.3 is 4.90 Å². The van der Waals surface area contributed by atoms with Crippen LogP contribution in [-0.2, 0) is 5.41 Å². The molecule has 270 valence electrons. The highest BCUT2D eigenvalue weighted by molar-refractivity contribution is 6.09. The van der Waals surface area contributed by atoms with Crippen molar-refractivity contribution in [3.63, 3.8) is 0 Å². The molecule has 0 aliphatic heterocycles. The first-order chi connectivity index (χ1) is 28.0. The molecule has 0 saturated heterocycles. The van der Waals surface area contributed by atoms with E-state index in [1.807, 2.05) is 24.4 Å². The van der Waals surface area contributed by atoms with Gasteiger partial charge in [-0.3, -0.25) is 4.40 Å². The van der Waals surface area contributed by atoms with Crippen LogP contribution in [0.4, 0.5) is 17.1 Å². The van der Waals surface area contributed by atoms with E-state index in [0.29, 0.717) is 0 Å². The molecule has 0 bridgehead atoms. The van der Waals surface area contributed by atoms with Crippen LogP contribution < -0.4 is 4.90 Å². The van der Waals surface area contributed by atoms with Crippen molar-refractivity contribution < 1.29 is 0 Å². The maximum absolute atomic E-state index is 5.21. The number of fused-ring (bicyclic) bond motifs is 8. The summed E-state index contributed by atoms with van der Waals surface area (Å²) >= 11 is 0. The number of rotatable bonds is 6. The van der Waals surface area contributed by atoms with E-state index < -0.39 is 0 Å². The molecule has 0 unspecified atom stereocenters. The molecule has 1 aliphatic rings. The monoisotopic (exact) mass is 730 g/mol. The van der Waals surface area contributed by atoms with Gasteiger partial charge >= 0.3 is 0 Å². The predicted molar refractivity (Wildman–Crippen MR) is 237 cm³/mol. The number of hydrogen-bond donors (Lipinski definition) is 0. The Morgan fingerprint density at radius 2 is 0.982 bits per heavy atom. The summed E-state index contributed by atoms with van der Waals surface area (Å²) in [7, 11) is 0. The van der Waals surface area contributed by atoms with Crippen molar-refractivity contribution in [3.8, 4) is 44.6 Å². The van der Waals surface area contributed by atoms with E-state index in [2.05, 4.69) is 193 Å². The van der Waals surface area contributed by atoms with Gasteiger partial charge in [-0.2, -0.15) is 0 Å². The lowest BCUT2D eigenvalue weighted by atomic mass is 9.82. The van der Waals surface area contributed by atoms with Crippen molar-refractivity contribution in [2.75, 3.05) is 4.90 Å². The number of benzene rings is 7. The molecule has 4 nitrogen and oxygen atoms in total. The Morgan fingerprint density at radius 3 is 1.70 bits per heavy atom. The van der Waals surface area contributed by atoms with Crippen molar-refractivity contribution >= 4 is 44.6 Å². The van der Waals surface area contributed by atoms with Gasteiger partial charge in [0, 0.05) is 45.0 Å². The molecule has 0 amide bonds. The largest absolute Gasteiger partial charge is 0.310 e. The van der Waals surface area contributed by atoms with Crippen LogP contribution in [0.5, 0.6) is 0 Å². The highest BCUT2D eigenvalue weighted by Gasteiger charge is 2.35. The summed E-state index contributed by atoms with van der Waals surface area (Å²) < 4.78 is 2.07. The van der Waals surface area contributed by atoms with Gasteiger partial charge in [-0.25, -0.2) is 9.97 Å². The van der Waals surface area contributed by atoms with Gasteiger partial charge in [-0.05, 0) is 93.0 Å². The third-order valence-corrected chi connectivity index (χ3v) is 11.8. The van der Waals surface area contributed by atoms with E-state index in [4.69, 9.17) is 9.97 Å². The third kappa shape index (κ3) is 5.37. The molecule has 3 aromatic heterocycles. The van der Waals surface area contributed by atoms with Crippen molar-refractivity contribution in [3.05, 3.63) is 205 Å². The number of imidazole rings is 1. The van der Waals surface area contributed by atoms with Gasteiger partial charge in [0.1, 0.15) is 11.2 Å². The Morgan fingerprint density at radius 1 is 0.439 bits per heavy atom. The molecule has 57 heavy (non-hydrogen) atoms. The zero-order chi connectivity index (χ0) is 38.1. The Kier molecular flexibility index (Phi) is 7.48. The standard InChI is InChI=1S/C53H38N4/c1-53(2)47-17-9-8-14-43(47)46-34-42(31-32-48(46)53)57(40-27-23-37(24-28-40)35-12-4-3-5-13-35)41-29-25-38(26-30-41)36-19-21-39(22-20-36)50-44-15-6-7-16-45(44)51-52(55-50)56-33-11-10-18-49(56)54-51/h3-34H,1-2H3. The molecule has 11 rings (SSSR count). The summed E-state index contributed by atoms with van der Waals surface area (Å²) in [5.74, 6) is 0. The zero-order valence-corrected chi connectivity index (χ0v) is 31.8. The molecule has 3 heterocycles. The van der Waals surface area contributed by atoms with Gasteiger partial charge in [-0.1, -0.05) is 153 Å².